The van der Waals surface area contributed by atoms with Gasteiger partial charge in [-0.05, 0) is 22.2 Å². The second-order valence-corrected chi connectivity index (χ2v) is 2.94. The molecule has 0 saturated carbocycles. The average molecular weight is 308 g/mol. The normalized spacial score (nSPS) is 10.3. The molecule has 0 saturated heterocycles. The number of hydrogen-bond donors (Lipinski definition) is 2. The Morgan fingerprint density at radius 3 is 1.67 bits per heavy atom. The van der Waals surface area contributed by atoms with E-state index in [0.29, 0.717) is 0 Å². The van der Waals surface area contributed by atoms with Crippen LogP contribution >= 0.6 is 28.6 Å². The van der Waals surface area contributed by atoms with E-state index in [2.05, 4.69) is 28.6 Å². The molecule has 0 aliphatic heterocycles. The maximum Gasteiger partial charge on any atom is 0.186 e. The van der Waals surface area contributed by atoms with Crippen molar-refractivity contribution < 1.29 is 19.0 Å². The van der Waals surface area contributed by atoms with E-state index in [-0.39, 0.29) is 5.31 Å². The van der Waals surface area contributed by atoms with Gasteiger partial charge in [0.2, 0.25) is 0 Å². The molecule has 0 aliphatic rings. The van der Waals surface area contributed by atoms with Crippen LogP contribution in [0.15, 0.2) is 4.47 Å². The lowest BCUT2D eigenvalue weighted by molar-refractivity contribution is 0.451. The summed E-state index contributed by atoms with van der Waals surface area (Å²) in [5.41, 5.74) is -1.07. The minimum Gasteiger partial charge on any atom is -0.383 e. The molecule has 0 aliphatic carbocycles. The summed E-state index contributed by atoms with van der Waals surface area (Å²) in [6, 6.07) is 0. The summed E-state index contributed by atoms with van der Waals surface area (Å²) in [5, 5.41) is 0.212. The minimum atomic E-state index is -1.60. The predicted octanol–water partition coefficient (Wildman–Crippen LogP) is 3.59. The number of thiol groups is 1. The summed E-state index contributed by atoms with van der Waals surface area (Å²) in [5.74, 6) is -6.32. The minimum absolute atomic E-state index is 0.212. The lowest BCUT2D eigenvalue weighted by Gasteiger charge is -2.07. The van der Waals surface area contributed by atoms with E-state index in [0.717, 1.165) is 7.05 Å². The molecule has 86 valence electrons. The summed E-state index contributed by atoms with van der Waals surface area (Å²) in [4.78, 5) is 0. The first-order valence-electron chi connectivity index (χ1n) is 4.01. The zero-order valence-electron chi connectivity index (χ0n) is 8.78. The van der Waals surface area contributed by atoms with Crippen LogP contribution in [0.4, 0.5) is 23.2 Å². The molecule has 0 amide bonds. The van der Waals surface area contributed by atoms with Gasteiger partial charge in [-0.25, -0.2) is 17.6 Å². The van der Waals surface area contributed by atoms with E-state index in [1.807, 2.05) is 0 Å². The molecule has 15 heavy (non-hydrogen) atoms. The van der Waals surface area contributed by atoms with Gasteiger partial charge in [0.1, 0.15) is 5.69 Å². The van der Waals surface area contributed by atoms with Crippen LogP contribution < -0.4 is 5.31 Å². The van der Waals surface area contributed by atoms with E-state index < -0.39 is 33.4 Å². The SMILES string of the molecule is CS.[3H]N(C)c1c(F)c(F)c(Br)c(F)c1F. The lowest BCUT2D eigenvalue weighted by Crippen LogP contribution is -2.04. The molecule has 1 nitrogen and oxygen atoms in total. The molecule has 0 spiro atoms. The standard InChI is InChI=1S/C7H4BrF4N.CH4S/c1-13-7-5(11)3(9)2(8)4(10)6(7)12;1-2/h13H,1H3;2H,1H3/i/hT. The Bertz CT molecular complexity index is 360. The maximum absolute atomic E-state index is 13.0. The third-order valence-corrected chi connectivity index (χ3v) is 2.11. The first kappa shape index (κ1) is 12.6. The molecule has 7 heteroatoms. The van der Waals surface area contributed by atoms with Crippen molar-refractivity contribution in [3.63, 3.8) is 0 Å². The van der Waals surface area contributed by atoms with Crippen molar-refractivity contribution in [2.24, 2.45) is 0 Å². The van der Waals surface area contributed by atoms with Gasteiger partial charge < -0.3 is 5.31 Å². The van der Waals surface area contributed by atoms with E-state index in [1.54, 1.807) is 6.26 Å². The molecule has 1 N–H and O–H groups in total. The molecule has 0 aromatic heterocycles. The Balaban J connectivity index is 0.00000106. The van der Waals surface area contributed by atoms with Crippen LogP contribution in [0.5, 0.6) is 0 Å². The summed E-state index contributed by atoms with van der Waals surface area (Å²) in [6.45, 7) is 0. The Morgan fingerprint density at radius 2 is 1.40 bits per heavy atom. The number of benzene rings is 1. The molecule has 0 bridgehead atoms. The fraction of sp³-hybridized carbons (Fsp3) is 0.250. The van der Waals surface area contributed by atoms with Crippen molar-refractivity contribution in [2.45, 2.75) is 0 Å². The first-order valence-corrected chi connectivity index (χ1v) is 5.25. The average Bonchev–Trinajstić information content (AvgIpc) is 2.26. The number of hydrogen-bond acceptors (Lipinski definition) is 2. The van der Waals surface area contributed by atoms with E-state index in [1.165, 1.54) is 0 Å². The smallest absolute Gasteiger partial charge is 0.186 e. The molecule has 0 unspecified atom stereocenters. The molecular weight excluding hydrogens is 298 g/mol. The van der Waals surface area contributed by atoms with Crippen LogP contribution in [0.2, 0.25) is 1.41 Å². The third kappa shape index (κ3) is 2.78. The van der Waals surface area contributed by atoms with Crippen molar-refractivity contribution in [1.82, 2.24) is 0 Å². The van der Waals surface area contributed by atoms with Crippen LogP contribution in [0.3, 0.4) is 0 Å². The van der Waals surface area contributed by atoms with Gasteiger partial charge >= 0.3 is 0 Å². The highest BCUT2D eigenvalue weighted by atomic mass is 79.9. The Morgan fingerprint density at radius 1 is 1.07 bits per heavy atom. The fourth-order valence-corrected chi connectivity index (χ4v) is 1.14. The molecule has 0 fully saturated rings. The van der Waals surface area contributed by atoms with Gasteiger partial charge in [0.15, 0.2) is 24.7 Å². The zero-order valence-corrected chi connectivity index (χ0v) is 10.3. The monoisotopic (exact) mass is 307 g/mol. The highest BCUT2D eigenvalue weighted by Crippen LogP contribution is 2.30. The molecular formula is C8H8BrF4NS. The van der Waals surface area contributed by atoms with Crippen LogP contribution in [0.25, 0.3) is 0 Å². The number of rotatable bonds is 1. The lowest BCUT2D eigenvalue weighted by atomic mass is 10.2. The maximum atomic E-state index is 13.0. The molecule has 1 rings (SSSR count). The van der Waals surface area contributed by atoms with E-state index >= 15 is 0 Å². The van der Waals surface area contributed by atoms with Crippen LogP contribution in [-0.4, -0.2) is 13.3 Å². The third-order valence-electron chi connectivity index (χ3n) is 1.41. The van der Waals surface area contributed by atoms with Crippen LogP contribution in [0.1, 0.15) is 0 Å². The van der Waals surface area contributed by atoms with Gasteiger partial charge in [-0.1, -0.05) is 0 Å². The van der Waals surface area contributed by atoms with Crippen molar-refractivity contribution in [2.75, 3.05) is 18.6 Å². The quantitative estimate of drug-likeness (QED) is 0.350. The van der Waals surface area contributed by atoms with Crippen LogP contribution in [0, 0.1) is 23.3 Å². The topological polar surface area (TPSA) is 12.0 Å². The van der Waals surface area contributed by atoms with Gasteiger partial charge in [-0.3, -0.25) is 0 Å². The second-order valence-electron chi connectivity index (χ2n) is 2.14. The van der Waals surface area contributed by atoms with Crippen LogP contribution in [-0.2, 0) is 0 Å². The zero-order chi connectivity index (χ0) is 13.0. The number of anilines is 1. The summed E-state index contributed by atoms with van der Waals surface area (Å²) in [7, 11) is 0.953. The van der Waals surface area contributed by atoms with Gasteiger partial charge in [0, 0.05) is 7.05 Å². The largest absolute Gasteiger partial charge is 0.383 e. The summed E-state index contributed by atoms with van der Waals surface area (Å²) >= 11 is 5.88. The fourth-order valence-electron chi connectivity index (χ4n) is 0.790. The van der Waals surface area contributed by atoms with Crippen molar-refractivity contribution >= 4 is 34.2 Å². The van der Waals surface area contributed by atoms with E-state index in [4.69, 9.17) is 1.41 Å². The van der Waals surface area contributed by atoms with Crippen molar-refractivity contribution in [3.8, 4) is 0 Å². The highest BCUT2D eigenvalue weighted by Gasteiger charge is 2.22. The molecule has 1 aromatic rings. The first-order chi connectivity index (χ1) is 7.37. The van der Waals surface area contributed by atoms with Crippen molar-refractivity contribution in [3.05, 3.63) is 27.7 Å². The summed E-state index contributed by atoms with van der Waals surface area (Å²) < 4.78 is 57.6. The van der Waals surface area contributed by atoms with Gasteiger partial charge in [-0.2, -0.15) is 12.6 Å². The number of nitrogens with one attached hydrogen (secondary N) is 1. The highest BCUT2D eigenvalue weighted by molar-refractivity contribution is 9.10. The number of halogens is 5. The summed E-state index contributed by atoms with van der Waals surface area (Å²) in [6.07, 6.45) is 1.69. The Labute approximate surface area is 99.9 Å². The van der Waals surface area contributed by atoms with Gasteiger partial charge in [-0.15, -0.1) is 0 Å². The molecule has 0 radical (unpaired) electrons. The van der Waals surface area contributed by atoms with Gasteiger partial charge in [0.05, 0.1) is 4.47 Å². The molecule has 1 aromatic carbocycles. The predicted molar refractivity (Wildman–Crippen MR) is 58.4 cm³/mol. The Hall–Kier alpha value is -0.430. The molecule has 0 atom stereocenters. The second kappa shape index (κ2) is 6.22. The van der Waals surface area contributed by atoms with Crippen molar-refractivity contribution in [1.29, 1.82) is 0 Å². The Kier molecular flexibility index (Phi) is 5.24. The van der Waals surface area contributed by atoms with E-state index in [9.17, 15) is 17.6 Å². The molecule has 0 heterocycles. The van der Waals surface area contributed by atoms with Gasteiger partial charge in [0.25, 0.3) is 0 Å².